The van der Waals surface area contributed by atoms with Crippen LogP contribution in [0.4, 0.5) is 10.5 Å². The number of fused-ring (bicyclic) bond motifs is 4. The molecule has 1 amide bonds. The molecule has 7 rings (SSSR count). The summed E-state index contributed by atoms with van der Waals surface area (Å²) in [7, 11) is 0. The molecule has 2 atom stereocenters. The number of amides is 1. The van der Waals surface area contributed by atoms with Gasteiger partial charge in [-0.25, -0.2) is 4.79 Å². The van der Waals surface area contributed by atoms with Crippen LogP contribution in [0.3, 0.4) is 0 Å². The number of H-pyrrole nitrogens is 1. The monoisotopic (exact) mass is 640 g/mol. The molecule has 3 aliphatic heterocycles. The van der Waals surface area contributed by atoms with E-state index >= 15 is 0 Å². The number of anilines is 1. The van der Waals surface area contributed by atoms with Crippen molar-refractivity contribution < 1.29 is 24.5 Å². The number of aromatic amines is 1. The zero-order chi connectivity index (χ0) is 32.6. The Bertz CT molecular complexity index is 1690. The Morgan fingerprint density at radius 1 is 1.00 bits per heavy atom. The molecule has 3 aliphatic rings. The molecule has 10 nitrogen and oxygen atoms in total. The number of carbonyl (C=O) groups is 1. The van der Waals surface area contributed by atoms with E-state index in [2.05, 4.69) is 15.2 Å². The van der Waals surface area contributed by atoms with Gasteiger partial charge in [0, 0.05) is 30.6 Å². The number of hydrogen-bond donors (Lipinski definition) is 4. The zero-order valence-electron chi connectivity index (χ0n) is 26.6. The highest BCUT2D eigenvalue weighted by Crippen LogP contribution is 2.32. The normalized spacial score (nSPS) is 19.4. The molecule has 1 aromatic heterocycles. The Morgan fingerprint density at radius 3 is 2.62 bits per heavy atom. The van der Waals surface area contributed by atoms with E-state index in [9.17, 15) is 19.8 Å². The van der Waals surface area contributed by atoms with Crippen LogP contribution in [0, 0.1) is 5.92 Å². The van der Waals surface area contributed by atoms with Crippen molar-refractivity contribution in [2.45, 2.75) is 50.9 Å². The lowest BCUT2D eigenvalue weighted by molar-refractivity contribution is -0.0311. The molecule has 3 fully saturated rings. The summed E-state index contributed by atoms with van der Waals surface area (Å²) < 4.78 is 12.2. The molecular formula is C37H44N4O6. The first-order valence-electron chi connectivity index (χ1n) is 16.7. The Labute approximate surface area is 274 Å². The molecule has 4 N–H and O–H groups in total. The third-order valence-electron chi connectivity index (χ3n) is 9.25. The lowest BCUT2D eigenvalue weighted by atomic mass is 9.86. The predicted molar refractivity (Wildman–Crippen MR) is 182 cm³/mol. The molecule has 3 aromatic carbocycles. The van der Waals surface area contributed by atoms with Gasteiger partial charge < -0.3 is 30.0 Å². The minimum Gasteiger partial charge on any atom is -0.506 e. The number of rotatable bonds is 14. The van der Waals surface area contributed by atoms with Crippen molar-refractivity contribution in [1.82, 2.24) is 15.2 Å². The maximum absolute atomic E-state index is 13.6. The topological polar surface area (TPSA) is 127 Å². The number of benzene rings is 3. The predicted octanol–water partition coefficient (Wildman–Crippen LogP) is 5.34. The van der Waals surface area contributed by atoms with E-state index in [1.165, 1.54) is 12.1 Å². The van der Waals surface area contributed by atoms with Gasteiger partial charge in [-0.2, -0.15) is 0 Å². The molecule has 10 heteroatoms. The SMILES string of the molecule is O=C(O[C@H]1CN2CCC1CC2)N(Cc1ccccc1)c1cccc(OCCCCCNC[C@H](O)c2ccc(O)c3[nH]c(=O)ccc23)c1. The number of aliphatic hydroxyl groups excluding tert-OH is 1. The molecule has 0 radical (unpaired) electrons. The number of phenolic OH excluding ortho intramolecular Hbond substituents is 1. The summed E-state index contributed by atoms with van der Waals surface area (Å²) in [5, 5.41) is 24.7. The number of aromatic hydroxyl groups is 1. The largest absolute Gasteiger partial charge is 0.506 e. The van der Waals surface area contributed by atoms with Gasteiger partial charge in [0.1, 0.15) is 17.6 Å². The van der Waals surface area contributed by atoms with E-state index in [1.807, 2.05) is 54.6 Å². The van der Waals surface area contributed by atoms with Crippen LogP contribution < -0.4 is 20.5 Å². The van der Waals surface area contributed by atoms with Crippen LogP contribution in [-0.4, -0.2) is 71.6 Å². The van der Waals surface area contributed by atoms with Crippen molar-refractivity contribution in [3.63, 3.8) is 0 Å². The van der Waals surface area contributed by atoms with Crippen molar-refractivity contribution in [3.05, 3.63) is 100 Å². The minimum atomic E-state index is -0.783. The van der Waals surface area contributed by atoms with E-state index in [4.69, 9.17) is 9.47 Å². The fraction of sp³-hybridized carbons (Fsp3) is 0.405. The van der Waals surface area contributed by atoms with Crippen molar-refractivity contribution in [2.24, 2.45) is 5.92 Å². The number of nitrogens with one attached hydrogen (secondary N) is 2. The molecule has 47 heavy (non-hydrogen) atoms. The molecule has 248 valence electrons. The first-order chi connectivity index (χ1) is 22.9. The second-order valence-electron chi connectivity index (χ2n) is 12.5. The number of unbranched alkanes of at least 4 members (excludes halogenated alkanes) is 2. The molecular weight excluding hydrogens is 596 g/mol. The molecule has 0 spiro atoms. The van der Waals surface area contributed by atoms with Crippen molar-refractivity contribution >= 4 is 22.7 Å². The van der Waals surface area contributed by atoms with Gasteiger partial charge in [0.05, 0.1) is 30.5 Å². The van der Waals surface area contributed by atoms with E-state index in [0.29, 0.717) is 47.8 Å². The van der Waals surface area contributed by atoms with Gasteiger partial charge >= 0.3 is 6.09 Å². The van der Waals surface area contributed by atoms with Crippen LogP contribution in [0.15, 0.2) is 83.7 Å². The first-order valence-corrected chi connectivity index (χ1v) is 16.7. The summed E-state index contributed by atoms with van der Waals surface area (Å²) >= 11 is 0. The number of carbonyl (C=O) groups excluding carboxylic acids is 1. The van der Waals surface area contributed by atoms with Crippen LogP contribution in [0.2, 0.25) is 0 Å². The smallest absolute Gasteiger partial charge is 0.414 e. The third kappa shape index (κ3) is 8.32. The van der Waals surface area contributed by atoms with Crippen molar-refractivity contribution in [3.8, 4) is 11.5 Å². The number of aliphatic hydroxyl groups is 1. The summed E-state index contributed by atoms with van der Waals surface area (Å²) in [6.07, 6.45) is 3.71. The molecule has 2 bridgehead atoms. The average Bonchev–Trinajstić information content (AvgIpc) is 3.09. The van der Waals surface area contributed by atoms with Crippen molar-refractivity contribution in [1.29, 1.82) is 0 Å². The summed E-state index contributed by atoms with van der Waals surface area (Å²) in [6, 6.07) is 23.8. The number of pyridine rings is 1. The van der Waals surface area contributed by atoms with Crippen LogP contribution in [0.25, 0.3) is 10.9 Å². The number of aromatic nitrogens is 1. The van der Waals surface area contributed by atoms with Gasteiger partial charge in [-0.1, -0.05) is 42.5 Å². The van der Waals surface area contributed by atoms with E-state index in [1.54, 1.807) is 17.0 Å². The van der Waals surface area contributed by atoms with Crippen LogP contribution in [-0.2, 0) is 11.3 Å². The molecule has 0 unspecified atom stereocenters. The van der Waals surface area contributed by atoms with Gasteiger partial charge in [0.2, 0.25) is 5.56 Å². The highest BCUT2D eigenvalue weighted by atomic mass is 16.6. The fourth-order valence-electron chi connectivity index (χ4n) is 6.62. The second kappa shape index (κ2) is 15.5. The number of hydrogen-bond acceptors (Lipinski definition) is 8. The highest BCUT2D eigenvalue weighted by Gasteiger charge is 2.37. The third-order valence-corrected chi connectivity index (χ3v) is 9.25. The lowest BCUT2D eigenvalue weighted by Crippen LogP contribution is -2.53. The molecule has 4 heterocycles. The van der Waals surface area contributed by atoms with E-state index < -0.39 is 6.10 Å². The molecule has 0 aliphatic carbocycles. The molecule has 0 saturated carbocycles. The average molecular weight is 641 g/mol. The van der Waals surface area contributed by atoms with E-state index in [-0.39, 0.29) is 23.5 Å². The van der Waals surface area contributed by atoms with Gasteiger partial charge in [0.15, 0.2) is 0 Å². The molecule has 3 saturated heterocycles. The van der Waals surface area contributed by atoms with Crippen molar-refractivity contribution in [2.75, 3.05) is 44.2 Å². The number of piperidine rings is 3. The zero-order valence-corrected chi connectivity index (χ0v) is 26.6. The Morgan fingerprint density at radius 2 is 1.83 bits per heavy atom. The second-order valence-corrected chi connectivity index (χ2v) is 12.5. The van der Waals surface area contributed by atoms with Crippen LogP contribution in [0.1, 0.15) is 49.3 Å². The lowest BCUT2D eigenvalue weighted by Gasteiger charge is -2.44. The minimum absolute atomic E-state index is 0.0257. The fourth-order valence-corrected chi connectivity index (χ4v) is 6.62. The number of nitrogens with zero attached hydrogens (tertiary/aromatic N) is 2. The van der Waals surface area contributed by atoms with Crippen LogP contribution >= 0.6 is 0 Å². The maximum atomic E-state index is 13.6. The Hall–Kier alpha value is -4.38. The van der Waals surface area contributed by atoms with Gasteiger partial charge in [-0.15, -0.1) is 0 Å². The maximum Gasteiger partial charge on any atom is 0.414 e. The number of phenols is 1. The summed E-state index contributed by atoms with van der Waals surface area (Å²) in [5.74, 6) is 1.12. The Kier molecular flexibility index (Phi) is 10.7. The summed E-state index contributed by atoms with van der Waals surface area (Å²) in [6.45, 7) is 5.04. The van der Waals surface area contributed by atoms with Gasteiger partial charge in [0.25, 0.3) is 0 Å². The highest BCUT2D eigenvalue weighted by molar-refractivity contribution is 5.88. The molecule has 4 aromatic rings. The summed E-state index contributed by atoms with van der Waals surface area (Å²) in [4.78, 5) is 32.0. The quantitative estimate of drug-likeness (QED) is 0.136. The Balaban J connectivity index is 0.966. The van der Waals surface area contributed by atoms with Gasteiger partial charge in [-0.3, -0.25) is 14.6 Å². The number of ether oxygens (including phenoxy) is 2. The van der Waals surface area contributed by atoms with Crippen LogP contribution in [0.5, 0.6) is 11.5 Å². The van der Waals surface area contributed by atoms with E-state index in [0.717, 1.165) is 69.5 Å². The standard InChI is InChI=1S/C37H44N4O6/c42-32-14-12-30(31-13-15-35(44)39-36(31)32)33(43)23-38-18-5-2-6-21-46-29-11-7-10-28(22-29)41(24-26-8-3-1-4-9-26)37(45)47-34-25-40-19-16-27(34)17-20-40/h1,3-4,7-15,22,27,33-34,38,42-43H,2,5-6,16-21,23-25H2,(H,39,44)/t33-,34-/m0/s1. The first kappa shape index (κ1) is 32.6. The van der Waals surface area contributed by atoms with Gasteiger partial charge in [-0.05, 0) is 93.0 Å². The summed E-state index contributed by atoms with van der Waals surface area (Å²) in [5.41, 5.74) is 2.44.